The van der Waals surface area contributed by atoms with Crippen LogP contribution in [0.25, 0.3) is 0 Å². The Morgan fingerprint density at radius 1 is 1.52 bits per heavy atom. The van der Waals surface area contributed by atoms with E-state index in [0.29, 0.717) is 10.8 Å². The Labute approximate surface area is 166 Å². The maximum Gasteiger partial charge on any atom is 0.354 e. The molecule has 0 aromatic rings. The highest BCUT2D eigenvalue weighted by Gasteiger charge is 2.72. The van der Waals surface area contributed by atoms with Gasteiger partial charge in [0, 0.05) is 11.4 Å². The minimum Gasteiger partial charge on any atom is -0.458 e. The summed E-state index contributed by atoms with van der Waals surface area (Å²) >= 11 is 20.5. The number of fused-ring (bicyclic) bond motifs is 1. The largest absolute Gasteiger partial charge is 0.458 e. The molecule has 0 saturated carbocycles. The van der Waals surface area contributed by atoms with Crippen molar-refractivity contribution in [1.82, 2.24) is 10.2 Å². The van der Waals surface area contributed by atoms with E-state index < -0.39 is 32.7 Å². The summed E-state index contributed by atoms with van der Waals surface area (Å²) in [4.78, 5) is 38.1. The zero-order valence-electron chi connectivity index (χ0n) is 12.2. The van der Waals surface area contributed by atoms with Gasteiger partial charge in [-0.2, -0.15) is 0 Å². The van der Waals surface area contributed by atoms with Crippen LogP contribution in [0, 0.1) is 0 Å². The zero-order valence-corrected chi connectivity index (χ0v) is 17.4. The van der Waals surface area contributed by atoms with Crippen molar-refractivity contribution in [2.75, 3.05) is 11.0 Å². The average molecular weight is 516 g/mol. The van der Waals surface area contributed by atoms with Crippen LogP contribution in [0.5, 0.6) is 0 Å². The van der Waals surface area contributed by atoms with E-state index in [1.165, 1.54) is 23.6 Å². The molecule has 2 rings (SSSR count). The summed E-state index contributed by atoms with van der Waals surface area (Å²) < 4.78 is 3.09. The molecule has 23 heavy (non-hydrogen) atoms. The molecular weight excluding hydrogens is 501 g/mol. The number of rotatable bonds is 4. The Kier molecular flexibility index (Phi) is 5.64. The van der Waals surface area contributed by atoms with Gasteiger partial charge < -0.3 is 10.1 Å². The highest BCUT2D eigenvalue weighted by molar-refractivity contribution is 14.1. The summed E-state index contributed by atoms with van der Waals surface area (Å²) in [6.07, 6.45) is 0.315. The van der Waals surface area contributed by atoms with Crippen LogP contribution in [0.2, 0.25) is 0 Å². The first-order chi connectivity index (χ1) is 10.5. The van der Waals surface area contributed by atoms with Gasteiger partial charge in [0.15, 0.2) is 0 Å². The molecule has 6 nitrogen and oxygen atoms in total. The number of carbonyl (C=O) groups excluding carboxylic acids is 3. The lowest BCUT2D eigenvalue weighted by molar-refractivity contribution is -0.177. The van der Waals surface area contributed by atoms with Crippen molar-refractivity contribution in [1.29, 1.82) is 0 Å². The molecular formula is C12H14Cl3IN2O4S. The van der Waals surface area contributed by atoms with E-state index in [9.17, 15) is 14.4 Å². The first kappa shape index (κ1) is 19.7. The van der Waals surface area contributed by atoms with E-state index in [0.717, 1.165) is 0 Å². The first-order valence-corrected chi connectivity index (χ1v) is 10.1. The van der Waals surface area contributed by atoms with Gasteiger partial charge in [-0.3, -0.25) is 14.5 Å². The third kappa shape index (κ3) is 3.38. The molecule has 130 valence electrons. The van der Waals surface area contributed by atoms with E-state index in [4.69, 9.17) is 39.5 Å². The molecule has 0 aromatic heterocycles. The summed E-state index contributed by atoms with van der Waals surface area (Å²) in [6, 6.07) is 0. The van der Waals surface area contributed by atoms with Gasteiger partial charge in [-0.25, -0.2) is 4.79 Å². The lowest BCUT2D eigenvalue weighted by Crippen LogP contribution is -2.76. The van der Waals surface area contributed by atoms with E-state index in [1.54, 1.807) is 0 Å². The summed E-state index contributed by atoms with van der Waals surface area (Å²) in [7, 11) is 0. The maximum atomic E-state index is 12.8. The SMILES string of the molecule is CC(=O)NC1(C(=O)OCC(Cl)(Cl)Cl)N2C(=O)C[C@H]2SC1(C)CI. The summed E-state index contributed by atoms with van der Waals surface area (Å²) in [5, 5.41) is 2.45. The number of carbonyl (C=O) groups is 3. The quantitative estimate of drug-likeness (QED) is 0.269. The molecule has 3 atom stereocenters. The van der Waals surface area contributed by atoms with Crippen LogP contribution in [0.3, 0.4) is 0 Å². The van der Waals surface area contributed by atoms with E-state index in [2.05, 4.69) is 27.9 Å². The van der Waals surface area contributed by atoms with Crippen molar-refractivity contribution in [3.8, 4) is 0 Å². The third-order valence-electron chi connectivity index (χ3n) is 3.70. The number of alkyl halides is 4. The predicted molar refractivity (Wildman–Crippen MR) is 97.9 cm³/mol. The van der Waals surface area contributed by atoms with Crippen LogP contribution >= 0.6 is 69.2 Å². The fourth-order valence-corrected chi connectivity index (χ4v) is 5.65. The smallest absolute Gasteiger partial charge is 0.354 e. The predicted octanol–water partition coefficient (Wildman–Crippen LogP) is 2.23. The summed E-state index contributed by atoms with van der Waals surface area (Å²) in [6.45, 7) is 2.61. The first-order valence-electron chi connectivity index (χ1n) is 6.55. The molecule has 2 aliphatic rings. The van der Waals surface area contributed by atoms with E-state index in [1.807, 2.05) is 6.92 Å². The van der Waals surface area contributed by atoms with Crippen molar-refractivity contribution in [2.24, 2.45) is 0 Å². The monoisotopic (exact) mass is 514 g/mol. The van der Waals surface area contributed by atoms with Gasteiger partial charge in [-0.15, -0.1) is 11.8 Å². The lowest BCUT2D eigenvalue weighted by atomic mass is 9.89. The van der Waals surface area contributed by atoms with Crippen molar-refractivity contribution in [3.05, 3.63) is 0 Å². The second-order valence-corrected chi connectivity index (χ2v) is 10.4. The highest BCUT2D eigenvalue weighted by Crippen LogP contribution is 2.56. The molecule has 0 aliphatic carbocycles. The number of ether oxygens (including phenoxy) is 1. The maximum absolute atomic E-state index is 12.8. The molecule has 2 unspecified atom stereocenters. The van der Waals surface area contributed by atoms with Gasteiger partial charge in [0.2, 0.25) is 21.3 Å². The number of hydrogen-bond acceptors (Lipinski definition) is 5. The Morgan fingerprint density at radius 3 is 2.57 bits per heavy atom. The number of nitrogens with one attached hydrogen (secondary N) is 1. The van der Waals surface area contributed by atoms with Gasteiger partial charge in [-0.05, 0) is 6.92 Å². The van der Waals surface area contributed by atoms with Crippen LogP contribution < -0.4 is 5.32 Å². The third-order valence-corrected chi connectivity index (χ3v) is 7.68. The van der Waals surface area contributed by atoms with E-state index in [-0.39, 0.29) is 11.3 Å². The molecule has 2 aliphatic heterocycles. The van der Waals surface area contributed by atoms with Crippen LogP contribution in [0.15, 0.2) is 0 Å². The van der Waals surface area contributed by atoms with Crippen molar-refractivity contribution >= 4 is 86.9 Å². The van der Waals surface area contributed by atoms with Crippen LogP contribution in [-0.2, 0) is 19.1 Å². The Bertz CT molecular complexity index is 561. The Balaban J connectivity index is 2.42. The van der Waals surface area contributed by atoms with Gasteiger partial charge in [-0.1, -0.05) is 57.4 Å². The minimum atomic E-state index is -1.78. The zero-order chi connectivity index (χ0) is 17.6. The fraction of sp³-hybridized carbons (Fsp3) is 0.750. The molecule has 2 amide bonds. The average Bonchev–Trinajstić information content (AvgIpc) is 2.60. The van der Waals surface area contributed by atoms with Gasteiger partial charge >= 0.3 is 5.97 Å². The lowest BCUT2D eigenvalue weighted by Gasteiger charge is -2.47. The summed E-state index contributed by atoms with van der Waals surface area (Å²) in [5.74, 6) is -1.48. The second-order valence-electron chi connectivity index (χ2n) is 5.49. The highest BCUT2D eigenvalue weighted by atomic mass is 127. The van der Waals surface area contributed by atoms with Crippen LogP contribution in [-0.4, -0.2) is 53.3 Å². The second kappa shape index (κ2) is 6.59. The Morgan fingerprint density at radius 2 is 2.13 bits per heavy atom. The molecule has 2 heterocycles. The molecule has 1 N–H and O–H groups in total. The van der Waals surface area contributed by atoms with Crippen molar-refractivity contribution in [3.63, 3.8) is 0 Å². The fourth-order valence-electron chi connectivity index (χ4n) is 2.72. The van der Waals surface area contributed by atoms with E-state index >= 15 is 0 Å². The molecule has 0 radical (unpaired) electrons. The van der Waals surface area contributed by atoms with Gasteiger partial charge in [0.1, 0.15) is 6.61 Å². The molecule has 0 spiro atoms. The topological polar surface area (TPSA) is 75.7 Å². The van der Waals surface area contributed by atoms with Crippen molar-refractivity contribution in [2.45, 2.75) is 39.8 Å². The molecule has 2 fully saturated rings. The number of halogens is 4. The minimum absolute atomic E-state index is 0.186. The molecule has 0 bridgehead atoms. The Hall–Kier alpha value is 0.360. The number of amides is 2. The number of thioether (sulfide) groups is 1. The summed E-state index contributed by atoms with van der Waals surface area (Å²) in [5.41, 5.74) is -1.61. The normalized spacial score (nSPS) is 33.0. The van der Waals surface area contributed by atoms with Crippen LogP contribution in [0.1, 0.15) is 20.3 Å². The van der Waals surface area contributed by atoms with Crippen LogP contribution in [0.4, 0.5) is 0 Å². The molecule has 2 saturated heterocycles. The molecule has 0 aromatic carbocycles. The number of esters is 1. The number of β-lactam (4-membered cyclic amide) rings is 1. The van der Waals surface area contributed by atoms with Crippen molar-refractivity contribution < 1.29 is 19.1 Å². The standard InChI is InChI=1S/C12H14Cl3IN2O4S/c1-6(19)17-12(9(21)22-5-11(13,14)15)10(2,4-16)23-8-3-7(20)18(8)12/h8H,3-5H2,1-2H3,(H,17,19)/t8-,10?,12?/m1/s1. The number of nitrogens with zero attached hydrogens (tertiary/aromatic N) is 1. The van der Waals surface area contributed by atoms with Gasteiger partial charge in [0.05, 0.1) is 16.5 Å². The number of hydrogen-bond donors (Lipinski definition) is 1. The van der Waals surface area contributed by atoms with Gasteiger partial charge in [0.25, 0.3) is 0 Å². The molecule has 11 heteroatoms.